The summed E-state index contributed by atoms with van der Waals surface area (Å²) in [4.78, 5) is 28.2. The van der Waals surface area contributed by atoms with Gasteiger partial charge in [0.25, 0.3) is 5.78 Å². The third kappa shape index (κ3) is 6.51. The molecule has 42 heavy (non-hydrogen) atoms. The van der Waals surface area contributed by atoms with Gasteiger partial charge >= 0.3 is 5.91 Å². The maximum Gasteiger partial charge on any atom is 0.301 e. The molecule has 4 aromatic rings. The van der Waals surface area contributed by atoms with Crippen molar-refractivity contribution in [2.24, 2.45) is 0 Å². The van der Waals surface area contributed by atoms with Crippen molar-refractivity contribution in [2.45, 2.75) is 42.3 Å². The van der Waals surface area contributed by atoms with Gasteiger partial charge in [0.15, 0.2) is 4.34 Å². The van der Waals surface area contributed by atoms with Crippen molar-refractivity contribution in [2.75, 3.05) is 11.5 Å². The Morgan fingerprint density at radius 2 is 1.86 bits per heavy atom. The number of thioether (sulfide) groups is 1. The average molecular weight is 624 g/mol. The van der Waals surface area contributed by atoms with Gasteiger partial charge in [-0.3, -0.25) is 14.5 Å². The zero-order chi connectivity index (χ0) is 29.6. The van der Waals surface area contributed by atoms with E-state index >= 15 is 0 Å². The van der Waals surface area contributed by atoms with E-state index in [9.17, 15) is 19.1 Å². The van der Waals surface area contributed by atoms with Gasteiger partial charge in [0.05, 0.1) is 18.2 Å². The number of rotatable bonds is 11. The molecular weight excluding hydrogens is 597 g/mol. The second kappa shape index (κ2) is 13.5. The lowest BCUT2D eigenvalue weighted by atomic mass is 9.95. The largest absolute Gasteiger partial charge is 0.507 e. The summed E-state index contributed by atoms with van der Waals surface area (Å²) >= 11 is 8.86. The normalized spacial score (nSPS) is 16.3. The van der Waals surface area contributed by atoms with Crippen LogP contribution in [0.15, 0.2) is 82.7 Å². The van der Waals surface area contributed by atoms with E-state index in [4.69, 9.17) is 16.3 Å². The highest BCUT2D eigenvalue weighted by atomic mass is 35.5. The highest BCUT2D eigenvalue weighted by Gasteiger charge is 2.48. The van der Waals surface area contributed by atoms with E-state index in [1.807, 2.05) is 24.3 Å². The molecule has 3 aromatic carbocycles. The standard InChI is InChI=1S/C31H27ClFN3O4S2/c1-2-3-6-16-40-23-10-7-9-20(17-23)26-25(27(37)19-12-14-22(33)15-13-19)28(38)29(39)36(26)30-34-35-31(42-30)41-18-21-8-4-5-11-24(21)32/h4-5,7-15,17,26,37H,2-3,6,16,18H2,1H3/b27-25+. The maximum absolute atomic E-state index is 13.6. The molecule has 1 fully saturated rings. The fraction of sp³-hybridized carbons (Fsp3) is 0.226. The zero-order valence-electron chi connectivity index (χ0n) is 22.6. The highest BCUT2D eigenvalue weighted by Crippen LogP contribution is 2.44. The van der Waals surface area contributed by atoms with Crippen molar-refractivity contribution in [3.05, 3.63) is 106 Å². The molecule has 0 bridgehead atoms. The van der Waals surface area contributed by atoms with Gasteiger partial charge in [0.2, 0.25) is 5.13 Å². The van der Waals surface area contributed by atoms with Gasteiger partial charge in [-0.25, -0.2) is 4.39 Å². The van der Waals surface area contributed by atoms with Crippen LogP contribution in [0.25, 0.3) is 5.76 Å². The van der Waals surface area contributed by atoms with Crippen LogP contribution in [0.3, 0.4) is 0 Å². The number of amides is 1. The molecule has 1 aromatic heterocycles. The molecule has 2 heterocycles. The van der Waals surface area contributed by atoms with Gasteiger partial charge in [0, 0.05) is 16.3 Å². The zero-order valence-corrected chi connectivity index (χ0v) is 25.0. The highest BCUT2D eigenvalue weighted by molar-refractivity contribution is 8.00. The number of halogens is 2. The van der Waals surface area contributed by atoms with E-state index < -0.39 is 29.3 Å². The summed E-state index contributed by atoms with van der Waals surface area (Å²) in [6.45, 7) is 2.63. The van der Waals surface area contributed by atoms with Crippen LogP contribution < -0.4 is 9.64 Å². The van der Waals surface area contributed by atoms with E-state index in [0.717, 1.165) is 36.2 Å². The van der Waals surface area contributed by atoms with Crippen LogP contribution >= 0.6 is 34.7 Å². The molecular formula is C31H27ClFN3O4S2. The number of carbonyl (C=O) groups excluding carboxylic acids is 2. The molecule has 0 aliphatic carbocycles. The van der Waals surface area contributed by atoms with Gasteiger partial charge in [0.1, 0.15) is 17.3 Å². The van der Waals surface area contributed by atoms with E-state index in [2.05, 4.69) is 17.1 Å². The van der Waals surface area contributed by atoms with Gasteiger partial charge in [-0.1, -0.05) is 84.8 Å². The fourth-order valence-corrected chi connectivity index (χ4v) is 6.69. The number of anilines is 1. The van der Waals surface area contributed by atoms with Crippen molar-refractivity contribution >= 4 is 57.3 Å². The number of ether oxygens (including phenoxy) is 1. The molecule has 1 unspecified atom stereocenters. The summed E-state index contributed by atoms with van der Waals surface area (Å²) in [5.41, 5.74) is 1.55. The molecule has 0 saturated carbocycles. The Labute approximate surface area is 256 Å². The lowest BCUT2D eigenvalue weighted by Gasteiger charge is -2.23. The van der Waals surface area contributed by atoms with E-state index in [1.54, 1.807) is 24.3 Å². The number of nitrogens with zero attached hydrogens (tertiary/aromatic N) is 3. The summed E-state index contributed by atoms with van der Waals surface area (Å²) < 4.78 is 20.1. The predicted octanol–water partition coefficient (Wildman–Crippen LogP) is 7.82. The molecule has 5 rings (SSSR count). The van der Waals surface area contributed by atoms with Crippen LogP contribution in [0.4, 0.5) is 9.52 Å². The van der Waals surface area contributed by atoms with E-state index in [0.29, 0.717) is 33.0 Å². The monoisotopic (exact) mass is 623 g/mol. The number of aromatic nitrogens is 2. The summed E-state index contributed by atoms with van der Waals surface area (Å²) in [5.74, 6) is -1.52. The Morgan fingerprint density at radius 3 is 2.62 bits per heavy atom. The molecule has 1 amide bonds. The third-order valence-corrected chi connectivity index (χ3v) is 9.14. The molecule has 0 spiro atoms. The van der Waals surface area contributed by atoms with Crippen molar-refractivity contribution in [1.82, 2.24) is 10.2 Å². The quantitative estimate of drug-likeness (QED) is 0.0455. The summed E-state index contributed by atoms with van der Waals surface area (Å²) in [5, 5.41) is 20.6. The van der Waals surface area contributed by atoms with Gasteiger partial charge in [-0.05, 0) is 60.0 Å². The number of aliphatic hydroxyl groups excluding tert-OH is 1. The maximum atomic E-state index is 13.6. The van der Waals surface area contributed by atoms with Gasteiger partial charge < -0.3 is 9.84 Å². The Bertz CT molecular complexity index is 1630. The first-order valence-corrected chi connectivity index (χ1v) is 15.5. The minimum atomic E-state index is -1.01. The van der Waals surface area contributed by atoms with Gasteiger partial charge in [-0.2, -0.15) is 0 Å². The summed E-state index contributed by atoms with van der Waals surface area (Å²) in [6, 6.07) is 18.6. The van der Waals surface area contributed by atoms with Gasteiger partial charge in [-0.15, -0.1) is 10.2 Å². The molecule has 0 radical (unpaired) electrons. The first-order chi connectivity index (χ1) is 20.4. The van der Waals surface area contributed by atoms with Crippen LogP contribution in [0.5, 0.6) is 5.75 Å². The molecule has 1 saturated heterocycles. The number of carbonyl (C=O) groups is 2. The number of aliphatic hydroxyl groups is 1. The third-order valence-electron chi connectivity index (χ3n) is 6.66. The number of Topliss-reactive ketones (excluding diaryl/α,β-unsaturated/α-hetero) is 1. The fourth-order valence-electron chi connectivity index (χ4n) is 4.54. The van der Waals surface area contributed by atoms with E-state index in [1.165, 1.54) is 40.9 Å². The lowest BCUT2D eigenvalue weighted by Crippen LogP contribution is -2.29. The Balaban J connectivity index is 1.52. The smallest absolute Gasteiger partial charge is 0.301 e. The SMILES string of the molecule is CCCCCOc1cccc(C2/C(=C(\O)c3ccc(F)cc3)C(=O)C(=O)N2c2nnc(SCc3ccccc3Cl)s2)c1. The molecule has 1 N–H and O–H groups in total. The van der Waals surface area contributed by atoms with Crippen LogP contribution in [0.1, 0.15) is 48.9 Å². The minimum Gasteiger partial charge on any atom is -0.507 e. The average Bonchev–Trinajstić information content (AvgIpc) is 3.57. The number of hydrogen-bond donors (Lipinski definition) is 1. The molecule has 1 atom stereocenters. The number of hydrogen-bond acceptors (Lipinski definition) is 8. The van der Waals surface area contributed by atoms with Crippen LogP contribution in [0, 0.1) is 5.82 Å². The van der Waals surface area contributed by atoms with Crippen LogP contribution in [0.2, 0.25) is 5.02 Å². The Hall–Kier alpha value is -3.73. The van der Waals surface area contributed by atoms with Crippen molar-refractivity contribution < 1.29 is 23.8 Å². The van der Waals surface area contributed by atoms with Crippen LogP contribution in [-0.4, -0.2) is 33.6 Å². The second-order valence-corrected chi connectivity index (χ2v) is 12.1. The van der Waals surface area contributed by atoms with Crippen molar-refractivity contribution in [3.63, 3.8) is 0 Å². The van der Waals surface area contributed by atoms with Crippen molar-refractivity contribution in [3.8, 4) is 5.75 Å². The Morgan fingerprint density at radius 1 is 1.07 bits per heavy atom. The lowest BCUT2D eigenvalue weighted by molar-refractivity contribution is -0.132. The van der Waals surface area contributed by atoms with Crippen LogP contribution in [-0.2, 0) is 15.3 Å². The first-order valence-electron chi connectivity index (χ1n) is 13.4. The Kier molecular flexibility index (Phi) is 9.56. The summed E-state index contributed by atoms with van der Waals surface area (Å²) in [6.07, 6.45) is 2.98. The molecule has 1 aliphatic heterocycles. The molecule has 11 heteroatoms. The molecule has 216 valence electrons. The summed E-state index contributed by atoms with van der Waals surface area (Å²) in [7, 11) is 0. The van der Waals surface area contributed by atoms with Crippen molar-refractivity contribution in [1.29, 1.82) is 0 Å². The van der Waals surface area contributed by atoms with E-state index in [-0.39, 0.29) is 16.3 Å². The minimum absolute atomic E-state index is 0.129. The second-order valence-electron chi connectivity index (χ2n) is 9.53. The number of benzene rings is 3. The number of unbranched alkanes of at least 4 members (excludes halogenated alkanes) is 2. The molecule has 1 aliphatic rings. The predicted molar refractivity (Wildman–Crippen MR) is 164 cm³/mol. The number of ketones is 1. The topological polar surface area (TPSA) is 92.6 Å². The molecule has 7 nitrogen and oxygen atoms in total. The first kappa shape index (κ1) is 29.8.